The molecular formula is C31H36N4O5S. The summed E-state index contributed by atoms with van der Waals surface area (Å²) in [4.78, 5) is 45.8. The molecular weight excluding hydrogens is 540 g/mol. The largest absolute Gasteiger partial charge is 0.493 e. The number of benzene rings is 1. The second-order valence-corrected chi connectivity index (χ2v) is 11.8. The van der Waals surface area contributed by atoms with Gasteiger partial charge in [0.25, 0.3) is 5.56 Å². The van der Waals surface area contributed by atoms with Crippen molar-refractivity contribution in [2.24, 2.45) is 5.41 Å². The van der Waals surface area contributed by atoms with Gasteiger partial charge in [0.2, 0.25) is 11.8 Å². The van der Waals surface area contributed by atoms with Gasteiger partial charge in [0.05, 0.1) is 24.2 Å². The lowest BCUT2D eigenvalue weighted by atomic mass is 9.90. The Labute approximate surface area is 243 Å². The molecule has 4 heterocycles. The minimum atomic E-state index is -1.15. The van der Waals surface area contributed by atoms with Gasteiger partial charge in [-0.05, 0) is 62.9 Å². The lowest BCUT2D eigenvalue weighted by molar-refractivity contribution is -0.137. The summed E-state index contributed by atoms with van der Waals surface area (Å²) >= 11 is 1.72. The van der Waals surface area contributed by atoms with Crippen LogP contribution in [-0.2, 0) is 22.7 Å². The predicted octanol–water partition coefficient (Wildman–Crippen LogP) is 4.98. The van der Waals surface area contributed by atoms with E-state index in [2.05, 4.69) is 16.3 Å². The van der Waals surface area contributed by atoms with Crippen LogP contribution in [0, 0.1) is 5.41 Å². The summed E-state index contributed by atoms with van der Waals surface area (Å²) in [5.41, 5.74) is 0.480. The molecule has 9 nitrogen and oxygen atoms in total. The summed E-state index contributed by atoms with van der Waals surface area (Å²) in [6.07, 6.45) is 4.14. The van der Waals surface area contributed by atoms with Gasteiger partial charge in [0.15, 0.2) is 5.58 Å². The van der Waals surface area contributed by atoms with Crippen LogP contribution in [-0.4, -0.2) is 54.6 Å². The number of carbonyl (C=O) groups excluding carboxylic acids is 2. The first kappa shape index (κ1) is 28.6. The summed E-state index contributed by atoms with van der Waals surface area (Å²) in [7, 11) is 1.70. The molecule has 1 aliphatic rings. The van der Waals surface area contributed by atoms with Crippen molar-refractivity contribution in [1.29, 1.82) is 0 Å². The normalized spacial score (nSPS) is 15.0. The third-order valence-corrected chi connectivity index (χ3v) is 8.48. The van der Waals surface area contributed by atoms with E-state index in [4.69, 9.17) is 9.15 Å². The zero-order valence-corrected chi connectivity index (χ0v) is 24.8. The Hall–Kier alpha value is -3.89. The van der Waals surface area contributed by atoms with Crippen LogP contribution >= 0.6 is 11.3 Å². The summed E-state index contributed by atoms with van der Waals surface area (Å²) in [6.45, 7) is 9.04. The molecule has 0 N–H and O–H groups in total. The SMILES string of the molecule is CCN1C(=O)C(C)(C)C(=O)N(C)c2cc(OCCCN(CCn3ccc4ccoc4c3=O)Cc3cccs3)ccc21. The average Bonchev–Trinajstić information content (AvgIpc) is 3.66. The van der Waals surface area contributed by atoms with E-state index in [1.165, 1.54) is 4.88 Å². The van der Waals surface area contributed by atoms with E-state index in [9.17, 15) is 14.4 Å². The quantitative estimate of drug-likeness (QED) is 0.185. The topological polar surface area (TPSA) is 88.2 Å². The highest BCUT2D eigenvalue weighted by Crippen LogP contribution is 2.40. The van der Waals surface area contributed by atoms with Crippen LogP contribution in [0.3, 0.4) is 0 Å². The lowest BCUT2D eigenvalue weighted by Gasteiger charge is -2.27. The number of pyridine rings is 1. The first-order valence-corrected chi connectivity index (χ1v) is 14.8. The number of anilines is 2. The Morgan fingerprint density at radius 1 is 1.02 bits per heavy atom. The molecule has 0 bridgehead atoms. The van der Waals surface area contributed by atoms with Gasteiger partial charge < -0.3 is 23.5 Å². The molecule has 5 rings (SSSR count). The van der Waals surface area contributed by atoms with Gasteiger partial charge >= 0.3 is 0 Å². The molecule has 0 spiro atoms. The maximum Gasteiger partial charge on any atom is 0.294 e. The van der Waals surface area contributed by atoms with Crippen molar-refractivity contribution in [3.05, 3.63) is 75.5 Å². The van der Waals surface area contributed by atoms with Gasteiger partial charge in [-0.1, -0.05) is 6.07 Å². The molecule has 10 heteroatoms. The number of amides is 2. The highest BCUT2D eigenvalue weighted by Gasteiger charge is 2.45. The third-order valence-electron chi connectivity index (χ3n) is 7.62. The summed E-state index contributed by atoms with van der Waals surface area (Å²) in [5, 5.41) is 2.88. The molecule has 0 saturated carbocycles. The number of fused-ring (bicyclic) bond motifs is 2. The Morgan fingerprint density at radius 2 is 1.85 bits per heavy atom. The van der Waals surface area contributed by atoms with Crippen LogP contribution in [0.4, 0.5) is 11.4 Å². The number of nitrogens with zero attached hydrogens (tertiary/aromatic N) is 4. The van der Waals surface area contributed by atoms with Gasteiger partial charge in [0, 0.05) is 62.3 Å². The zero-order chi connectivity index (χ0) is 29.1. The summed E-state index contributed by atoms with van der Waals surface area (Å²) < 4.78 is 13.2. The molecule has 0 fully saturated rings. The molecule has 0 aliphatic carbocycles. The first-order chi connectivity index (χ1) is 19.7. The van der Waals surface area contributed by atoms with Crippen molar-refractivity contribution < 1.29 is 18.7 Å². The van der Waals surface area contributed by atoms with E-state index in [0.717, 1.165) is 24.9 Å². The van der Waals surface area contributed by atoms with Crippen molar-refractivity contribution in [3.8, 4) is 5.75 Å². The Bertz CT molecular complexity index is 1590. The maximum absolute atomic E-state index is 13.1. The number of hydrogen-bond acceptors (Lipinski definition) is 7. The van der Waals surface area contributed by atoms with E-state index in [-0.39, 0.29) is 17.4 Å². The molecule has 3 aromatic heterocycles. The van der Waals surface area contributed by atoms with E-state index in [1.54, 1.807) is 58.9 Å². The molecule has 1 aromatic carbocycles. The fraction of sp³-hybridized carbons (Fsp3) is 0.387. The number of hydrogen-bond donors (Lipinski definition) is 0. The van der Waals surface area contributed by atoms with Crippen molar-refractivity contribution in [2.75, 3.05) is 43.1 Å². The number of carbonyl (C=O) groups is 2. The fourth-order valence-electron chi connectivity index (χ4n) is 5.26. The van der Waals surface area contributed by atoms with Crippen LogP contribution in [0.5, 0.6) is 5.75 Å². The van der Waals surface area contributed by atoms with Crippen molar-refractivity contribution in [3.63, 3.8) is 0 Å². The van der Waals surface area contributed by atoms with E-state index < -0.39 is 5.41 Å². The highest BCUT2D eigenvalue weighted by molar-refractivity contribution is 7.09. The Morgan fingerprint density at radius 3 is 2.61 bits per heavy atom. The van der Waals surface area contributed by atoms with E-state index in [1.807, 2.05) is 43.5 Å². The summed E-state index contributed by atoms with van der Waals surface area (Å²) in [6, 6.07) is 13.4. The maximum atomic E-state index is 13.1. The number of rotatable bonds is 11. The summed E-state index contributed by atoms with van der Waals surface area (Å²) in [5.74, 6) is 0.197. The van der Waals surface area contributed by atoms with Crippen LogP contribution in [0.25, 0.3) is 11.0 Å². The van der Waals surface area contributed by atoms with Crippen LogP contribution in [0.15, 0.2) is 69.5 Å². The molecule has 0 unspecified atom stereocenters. The molecule has 2 amide bonds. The second-order valence-electron chi connectivity index (χ2n) is 10.8. The zero-order valence-electron chi connectivity index (χ0n) is 24.0. The molecule has 0 saturated heterocycles. The minimum absolute atomic E-state index is 0.120. The number of ether oxygens (including phenoxy) is 1. The van der Waals surface area contributed by atoms with E-state index in [0.29, 0.717) is 48.9 Å². The van der Waals surface area contributed by atoms with Gasteiger partial charge in [-0.15, -0.1) is 11.3 Å². The highest BCUT2D eigenvalue weighted by atomic mass is 32.1. The molecule has 1 aliphatic heterocycles. The molecule has 0 atom stereocenters. The number of furan rings is 1. The molecule has 4 aromatic rings. The standard InChI is InChI=1S/C31H36N4O5S/c1-5-35-25-10-9-23(20-26(25)32(4)29(37)31(2,3)30(35)38)39-17-7-13-33(21-24-8-6-19-41-24)15-16-34-14-11-22-12-18-40-27(22)28(34)36/h6,8-12,14,18-20H,5,7,13,15-17,21H2,1-4H3. The van der Waals surface area contributed by atoms with Crippen molar-refractivity contribution in [2.45, 2.75) is 40.3 Å². The van der Waals surface area contributed by atoms with Gasteiger partial charge in [0.1, 0.15) is 11.2 Å². The van der Waals surface area contributed by atoms with Gasteiger partial charge in [-0.2, -0.15) is 0 Å². The Balaban J connectivity index is 1.23. The van der Waals surface area contributed by atoms with Crippen LogP contribution in [0.1, 0.15) is 32.1 Å². The van der Waals surface area contributed by atoms with Crippen LogP contribution < -0.4 is 20.1 Å². The molecule has 41 heavy (non-hydrogen) atoms. The van der Waals surface area contributed by atoms with Crippen LogP contribution in [0.2, 0.25) is 0 Å². The number of aromatic nitrogens is 1. The first-order valence-electron chi connectivity index (χ1n) is 13.9. The van der Waals surface area contributed by atoms with Crippen molar-refractivity contribution in [1.82, 2.24) is 9.47 Å². The van der Waals surface area contributed by atoms with Gasteiger partial charge in [-0.25, -0.2) is 0 Å². The van der Waals surface area contributed by atoms with Crippen molar-refractivity contribution >= 4 is 45.5 Å². The predicted molar refractivity (Wildman–Crippen MR) is 162 cm³/mol. The third kappa shape index (κ3) is 5.80. The second kappa shape index (κ2) is 11.9. The Kier molecular flexibility index (Phi) is 8.32. The average molecular weight is 577 g/mol. The smallest absolute Gasteiger partial charge is 0.294 e. The fourth-order valence-corrected chi connectivity index (χ4v) is 6.01. The minimum Gasteiger partial charge on any atom is -0.493 e. The number of thiophene rings is 1. The monoisotopic (exact) mass is 576 g/mol. The van der Waals surface area contributed by atoms with Gasteiger partial charge in [-0.3, -0.25) is 19.3 Å². The van der Waals surface area contributed by atoms with E-state index >= 15 is 0 Å². The lowest BCUT2D eigenvalue weighted by Crippen LogP contribution is -2.47. The molecule has 0 radical (unpaired) electrons. The molecule has 216 valence electrons.